The number of halogens is 1. The summed E-state index contributed by atoms with van der Waals surface area (Å²) in [4.78, 5) is 21.4. The van der Waals surface area contributed by atoms with E-state index in [1.54, 1.807) is 18.2 Å². The van der Waals surface area contributed by atoms with Gasteiger partial charge >= 0.3 is 0 Å². The van der Waals surface area contributed by atoms with Crippen LogP contribution >= 0.6 is 11.6 Å². The molecule has 0 aliphatic carbocycles. The number of hydrazine groups is 1. The van der Waals surface area contributed by atoms with Crippen LogP contribution in [0.4, 0.5) is 17.3 Å². The second-order valence-corrected chi connectivity index (χ2v) is 5.16. The minimum Gasteiger partial charge on any atom is -0.393 e. The molecule has 126 valence electrons. The van der Waals surface area contributed by atoms with E-state index in [4.69, 9.17) is 27.9 Å². The summed E-state index contributed by atoms with van der Waals surface area (Å²) in [6.45, 7) is -0.133. The molecule has 0 saturated heterocycles. The van der Waals surface area contributed by atoms with Gasteiger partial charge in [-0.05, 0) is 18.2 Å². The Bertz CT molecular complexity index is 841. The molecule has 0 saturated carbocycles. The molecule has 1 aromatic heterocycles. The van der Waals surface area contributed by atoms with Gasteiger partial charge < -0.3 is 10.6 Å². The van der Waals surface area contributed by atoms with Crippen molar-refractivity contribution in [2.75, 3.05) is 29.1 Å². The quantitative estimate of drug-likeness (QED) is 0.519. The van der Waals surface area contributed by atoms with Crippen molar-refractivity contribution < 1.29 is 4.79 Å². The summed E-state index contributed by atoms with van der Waals surface area (Å²) in [5, 5.41) is 18.1. The number of nitriles is 2. The SMILES string of the molecule is N#CCN(CC#N)c1ncnc(NNC(=O)c2cccc(Cl)c2)c1N. The van der Waals surface area contributed by atoms with Crippen LogP contribution in [0.15, 0.2) is 30.6 Å². The first-order valence-corrected chi connectivity index (χ1v) is 7.36. The lowest BCUT2D eigenvalue weighted by atomic mass is 10.2. The maximum atomic E-state index is 12.1. The highest BCUT2D eigenvalue weighted by atomic mass is 35.5. The van der Waals surface area contributed by atoms with E-state index in [9.17, 15) is 4.79 Å². The minimum atomic E-state index is -0.437. The highest BCUT2D eigenvalue weighted by Gasteiger charge is 2.15. The van der Waals surface area contributed by atoms with E-state index >= 15 is 0 Å². The van der Waals surface area contributed by atoms with Crippen LogP contribution in [-0.2, 0) is 0 Å². The number of anilines is 3. The normalized spacial score (nSPS) is 9.56. The van der Waals surface area contributed by atoms with Crippen LogP contribution in [0.1, 0.15) is 10.4 Å². The van der Waals surface area contributed by atoms with Gasteiger partial charge in [-0.2, -0.15) is 10.5 Å². The second kappa shape index (κ2) is 8.34. The molecule has 2 rings (SSSR count). The van der Waals surface area contributed by atoms with Gasteiger partial charge in [0.05, 0.1) is 12.1 Å². The zero-order chi connectivity index (χ0) is 18.2. The fourth-order valence-electron chi connectivity index (χ4n) is 1.93. The lowest BCUT2D eigenvalue weighted by Gasteiger charge is -2.20. The summed E-state index contributed by atoms with van der Waals surface area (Å²) >= 11 is 5.85. The van der Waals surface area contributed by atoms with Crippen LogP contribution in [0.2, 0.25) is 5.02 Å². The van der Waals surface area contributed by atoms with Crippen molar-refractivity contribution in [3.05, 3.63) is 41.2 Å². The number of nitrogens with one attached hydrogen (secondary N) is 2. The lowest BCUT2D eigenvalue weighted by Crippen LogP contribution is -2.31. The Labute approximate surface area is 148 Å². The van der Waals surface area contributed by atoms with Gasteiger partial charge in [0, 0.05) is 10.6 Å². The zero-order valence-corrected chi connectivity index (χ0v) is 13.7. The van der Waals surface area contributed by atoms with Crippen LogP contribution in [-0.4, -0.2) is 29.0 Å². The third-order valence-electron chi connectivity index (χ3n) is 3.07. The Morgan fingerprint density at radius 1 is 1.28 bits per heavy atom. The van der Waals surface area contributed by atoms with Crippen LogP contribution in [0, 0.1) is 22.7 Å². The van der Waals surface area contributed by atoms with Gasteiger partial charge in [0.1, 0.15) is 25.1 Å². The zero-order valence-electron chi connectivity index (χ0n) is 12.9. The number of carbonyl (C=O) groups is 1. The van der Waals surface area contributed by atoms with Crippen molar-refractivity contribution in [2.45, 2.75) is 0 Å². The summed E-state index contributed by atoms with van der Waals surface area (Å²) in [5.41, 5.74) is 11.5. The minimum absolute atomic E-state index is 0.0664. The average Bonchev–Trinajstić information content (AvgIpc) is 2.60. The molecule has 1 heterocycles. The highest BCUT2D eigenvalue weighted by Crippen LogP contribution is 2.25. The number of nitrogens with two attached hydrogens (primary N) is 1. The standard InChI is InChI=1S/C15H13ClN8O/c16-11-3-1-2-10(8-11)15(25)23-22-13-12(19)14(21-9-20-13)24(6-4-17)7-5-18/h1-3,8-9H,6-7,19H2,(H,23,25)(H,20,21,22). The molecule has 1 aromatic carbocycles. The third-order valence-corrected chi connectivity index (χ3v) is 3.30. The van der Waals surface area contributed by atoms with E-state index in [0.29, 0.717) is 10.6 Å². The third kappa shape index (κ3) is 4.47. The van der Waals surface area contributed by atoms with Gasteiger partial charge in [-0.1, -0.05) is 17.7 Å². The molecule has 0 aliphatic heterocycles. The van der Waals surface area contributed by atoms with E-state index in [-0.39, 0.29) is 30.4 Å². The van der Waals surface area contributed by atoms with Crippen molar-refractivity contribution in [2.24, 2.45) is 0 Å². The number of hydrogen-bond acceptors (Lipinski definition) is 8. The molecule has 0 aliphatic rings. The van der Waals surface area contributed by atoms with Crippen molar-refractivity contribution in [3.8, 4) is 12.1 Å². The second-order valence-electron chi connectivity index (χ2n) is 4.72. The fourth-order valence-corrected chi connectivity index (χ4v) is 2.12. The summed E-state index contributed by atoms with van der Waals surface area (Å²) in [6.07, 6.45) is 1.21. The summed E-state index contributed by atoms with van der Waals surface area (Å²) in [6, 6.07) is 10.3. The average molecular weight is 357 g/mol. The molecule has 25 heavy (non-hydrogen) atoms. The predicted octanol–water partition coefficient (Wildman–Crippen LogP) is 1.32. The van der Waals surface area contributed by atoms with E-state index in [1.807, 2.05) is 12.1 Å². The Hall–Kier alpha value is -3.56. The number of benzene rings is 1. The number of rotatable bonds is 6. The van der Waals surface area contributed by atoms with Gasteiger partial charge in [0.2, 0.25) is 0 Å². The fraction of sp³-hybridized carbons (Fsp3) is 0.133. The first-order chi connectivity index (χ1) is 12.1. The predicted molar refractivity (Wildman–Crippen MR) is 92.4 cm³/mol. The molecule has 0 atom stereocenters. The molecule has 0 radical (unpaired) electrons. The molecule has 0 bridgehead atoms. The van der Waals surface area contributed by atoms with Crippen LogP contribution < -0.4 is 21.5 Å². The molecular formula is C15H13ClN8O. The monoisotopic (exact) mass is 356 g/mol. The van der Waals surface area contributed by atoms with Gasteiger partial charge in [-0.15, -0.1) is 0 Å². The highest BCUT2D eigenvalue weighted by molar-refractivity contribution is 6.30. The van der Waals surface area contributed by atoms with Crippen molar-refractivity contribution >= 4 is 34.8 Å². The van der Waals surface area contributed by atoms with Gasteiger partial charge in [0.15, 0.2) is 11.6 Å². The lowest BCUT2D eigenvalue weighted by molar-refractivity contribution is 0.0962. The van der Waals surface area contributed by atoms with Gasteiger partial charge in [-0.25, -0.2) is 9.97 Å². The maximum absolute atomic E-state index is 12.1. The van der Waals surface area contributed by atoms with E-state index in [2.05, 4.69) is 20.8 Å². The van der Waals surface area contributed by atoms with Gasteiger partial charge in [0.25, 0.3) is 5.91 Å². The molecule has 4 N–H and O–H groups in total. The molecule has 1 amide bonds. The van der Waals surface area contributed by atoms with E-state index in [0.717, 1.165) is 0 Å². The number of amides is 1. The molecule has 0 fully saturated rings. The number of hydrogen-bond donors (Lipinski definition) is 3. The van der Waals surface area contributed by atoms with Crippen LogP contribution in [0.5, 0.6) is 0 Å². The van der Waals surface area contributed by atoms with E-state index in [1.165, 1.54) is 17.3 Å². The smallest absolute Gasteiger partial charge is 0.269 e. The molecule has 0 spiro atoms. The number of nitrogens with zero attached hydrogens (tertiary/aromatic N) is 5. The summed E-state index contributed by atoms with van der Waals surface area (Å²) < 4.78 is 0. The number of aromatic nitrogens is 2. The first-order valence-electron chi connectivity index (χ1n) is 6.98. The summed E-state index contributed by atoms with van der Waals surface area (Å²) in [5.74, 6) is -0.0770. The Morgan fingerprint density at radius 2 is 2.00 bits per heavy atom. The van der Waals surface area contributed by atoms with Crippen LogP contribution in [0.25, 0.3) is 0 Å². The van der Waals surface area contributed by atoms with Crippen LogP contribution in [0.3, 0.4) is 0 Å². The Morgan fingerprint density at radius 3 is 2.64 bits per heavy atom. The van der Waals surface area contributed by atoms with Crippen molar-refractivity contribution in [1.82, 2.24) is 15.4 Å². The number of nitrogen functional groups attached to an aromatic ring is 1. The molecule has 2 aromatic rings. The molecule has 9 nitrogen and oxygen atoms in total. The first kappa shape index (κ1) is 17.8. The maximum Gasteiger partial charge on any atom is 0.269 e. The largest absolute Gasteiger partial charge is 0.393 e. The van der Waals surface area contributed by atoms with E-state index < -0.39 is 5.91 Å². The Balaban J connectivity index is 2.15. The van der Waals surface area contributed by atoms with Crippen molar-refractivity contribution in [3.63, 3.8) is 0 Å². The topological polar surface area (TPSA) is 144 Å². The molecule has 10 heteroatoms. The molecule has 0 unspecified atom stereocenters. The number of carbonyl (C=O) groups excluding carboxylic acids is 1. The molecular weight excluding hydrogens is 344 g/mol. The Kier molecular flexibility index (Phi) is 5.93. The van der Waals surface area contributed by atoms with Gasteiger partial charge in [-0.3, -0.25) is 15.6 Å². The van der Waals surface area contributed by atoms with Crippen molar-refractivity contribution in [1.29, 1.82) is 10.5 Å². The summed E-state index contributed by atoms with van der Waals surface area (Å²) in [7, 11) is 0.